The van der Waals surface area contributed by atoms with Crippen molar-refractivity contribution in [1.29, 1.82) is 0 Å². The molecule has 134 valence electrons. The van der Waals surface area contributed by atoms with Gasteiger partial charge in [-0.1, -0.05) is 18.2 Å². The first-order valence-corrected chi connectivity index (χ1v) is 10.2. The van der Waals surface area contributed by atoms with E-state index in [1.165, 1.54) is 0 Å². The zero-order valence-corrected chi connectivity index (χ0v) is 23.8. The molecule has 0 saturated carbocycles. The summed E-state index contributed by atoms with van der Waals surface area (Å²) in [4.78, 5) is 12.7. The van der Waals surface area contributed by atoms with Gasteiger partial charge in [0, 0.05) is 16.7 Å². The fourth-order valence-corrected chi connectivity index (χ4v) is 4.87. The van der Waals surface area contributed by atoms with Crippen LogP contribution in [0.4, 0.5) is 0 Å². The first-order chi connectivity index (χ1) is 12.9. The molecular formula is C20H10I2Na2O5+2. The second-order valence-electron chi connectivity index (χ2n) is 6.27. The van der Waals surface area contributed by atoms with E-state index in [9.17, 15) is 15.0 Å². The summed E-state index contributed by atoms with van der Waals surface area (Å²) in [5, 5.41) is 20.4. The van der Waals surface area contributed by atoms with Crippen molar-refractivity contribution in [2.24, 2.45) is 0 Å². The molecule has 0 radical (unpaired) electrons. The number of carbonyl (C=O) groups is 1. The number of phenols is 2. The zero-order valence-electron chi connectivity index (χ0n) is 15.5. The Labute approximate surface area is 238 Å². The van der Waals surface area contributed by atoms with Crippen LogP contribution in [0.5, 0.6) is 23.0 Å². The number of ether oxygens (including phenoxy) is 2. The maximum atomic E-state index is 12.7. The summed E-state index contributed by atoms with van der Waals surface area (Å²) >= 11 is 4.00. The third-order valence-corrected chi connectivity index (χ3v) is 6.97. The van der Waals surface area contributed by atoms with Crippen LogP contribution in [0.25, 0.3) is 0 Å². The molecule has 3 aromatic rings. The number of fused-ring (bicyclic) bond motifs is 6. The standard InChI is InChI=1S/C20H10I2O5.2Na/c21-15-13(23)7-5-11-17(15)26-18-12(6-8-14(24)16(18)22)20(11)10-4-2-1-3-9(10)19(25)27-20;;/h1-8,23-24H;;/q;2*+1. The third-order valence-electron chi connectivity index (χ3n) is 4.89. The van der Waals surface area contributed by atoms with E-state index < -0.39 is 11.6 Å². The fraction of sp³-hybridized carbons (Fsp3) is 0.0500. The van der Waals surface area contributed by atoms with Gasteiger partial charge in [0.15, 0.2) is 17.1 Å². The van der Waals surface area contributed by atoms with Crippen LogP contribution in [0.15, 0.2) is 48.5 Å². The minimum Gasteiger partial charge on any atom is -0.507 e. The Morgan fingerprint density at radius 2 is 1.28 bits per heavy atom. The van der Waals surface area contributed by atoms with Crippen LogP contribution >= 0.6 is 45.2 Å². The van der Waals surface area contributed by atoms with Crippen molar-refractivity contribution in [3.8, 4) is 23.0 Å². The first kappa shape index (κ1) is 23.6. The van der Waals surface area contributed by atoms with Crippen LogP contribution in [0.2, 0.25) is 0 Å². The molecule has 0 fully saturated rings. The van der Waals surface area contributed by atoms with E-state index in [4.69, 9.17) is 9.47 Å². The first-order valence-electron chi connectivity index (χ1n) is 7.99. The molecule has 3 aromatic carbocycles. The van der Waals surface area contributed by atoms with Gasteiger partial charge in [-0.3, -0.25) is 0 Å². The largest absolute Gasteiger partial charge is 1.00 e. The molecule has 0 aromatic heterocycles. The Kier molecular flexibility index (Phi) is 6.93. The molecule has 9 heteroatoms. The summed E-state index contributed by atoms with van der Waals surface area (Å²) in [6.45, 7) is 0. The Hall–Kier alpha value is -0.01000. The van der Waals surface area contributed by atoms with Crippen LogP contribution < -0.4 is 63.9 Å². The van der Waals surface area contributed by atoms with Crippen molar-refractivity contribution in [2.45, 2.75) is 5.60 Å². The number of benzene rings is 3. The van der Waals surface area contributed by atoms with Crippen molar-refractivity contribution in [3.63, 3.8) is 0 Å². The van der Waals surface area contributed by atoms with Crippen LogP contribution in [-0.2, 0) is 10.3 Å². The Morgan fingerprint density at radius 3 is 1.83 bits per heavy atom. The third kappa shape index (κ3) is 3.27. The average molecular weight is 630 g/mol. The molecule has 1 spiro atoms. The maximum absolute atomic E-state index is 12.7. The van der Waals surface area contributed by atoms with Gasteiger partial charge >= 0.3 is 65.1 Å². The summed E-state index contributed by atoms with van der Waals surface area (Å²) in [5.41, 5.74) is 1.28. The number of rotatable bonds is 0. The number of esters is 1. The molecule has 29 heavy (non-hydrogen) atoms. The van der Waals surface area contributed by atoms with E-state index >= 15 is 0 Å². The van der Waals surface area contributed by atoms with Gasteiger partial charge in [0.05, 0.1) is 12.7 Å². The van der Waals surface area contributed by atoms with E-state index in [0.29, 0.717) is 40.9 Å². The Balaban J connectivity index is 0.00000120. The van der Waals surface area contributed by atoms with Gasteiger partial charge in [-0.15, -0.1) is 0 Å². The molecule has 0 unspecified atom stereocenters. The molecular weight excluding hydrogens is 620 g/mol. The predicted molar refractivity (Wildman–Crippen MR) is 113 cm³/mol. The Morgan fingerprint density at radius 1 is 0.759 bits per heavy atom. The van der Waals surface area contributed by atoms with Gasteiger partial charge in [0.2, 0.25) is 0 Å². The normalized spacial score (nSPS) is 14.5. The zero-order chi connectivity index (χ0) is 18.9. The van der Waals surface area contributed by atoms with Gasteiger partial charge in [-0.05, 0) is 75.5 Å². The van der Waals surface area contributed by atoms with Gasteiger partial charge in [-0.25, -0.2) is 4.79 Å². The van der Waals surface area contributed by atoms with Gasteiger partial charge in [-0.2, -0.15) is 0 Å². The molecule has 5 nitrogen and oxygen atoms in total. The van der Waals surface area contributed by atoms with Crippen molar-refractivity contribution in [2.75, 3.05) is 0 Å². The summed E-state index contributed by atoms with van der Waals surface area (Å²) in [6, 6.07) is 13.8. The molecule has 2 aliphatic heterocycles. The summed E-state index contributed by atoms with van der Waals surface area (Å²) < 4.78 is 13.1. The number of hydrogen-bond donors (Lipinski definition) is 2. The molecule has 5 rings (SSSR count). The van der Waals surface area contributed by atoms with Crippen molar-refractivity contribution >= 4 is 51.2 Å². The van der Waals surface area contributed by atoms with Crippen LogP contribution in [0, 0.1) is 7.14 Å². The van der Waals surface area contributed by atoms with Crippen LogP contribution in [0.3, 0.4) is 0 Å². The number of phenolic OH excluding ortho intramolecular Hbond substituents is 2. The number of carbonyl (C=O) groups excluding carboxylic acids is 1. The van der Waals surface area contributed by atoms with Gasteiger partial charge in [0.25, 0.3) is 0 Å². The second-order valence-corrected chi connectivity index (χ2v) is 8.43. The van der Waals surface area contributed by atoms with Gasteiger partial charge < -0.3 is 19.7 Å². The van der Waals surface area contributed by atoms with Crippen LogP contribution in [-0.4, -0.2) is 16.2 Å². The second kappa shape index (κ2) is 8.50. The summed E-state index contributed by atoms with van der Waals surface area (Å²) in [7, 11) is 0. The maximum Gasteiger partial charge on any atom is 1.00 e. The molecule has 2 aliphatic rings. The van der Waals surface area contributed by atoms with Crippen molar-refractivity contribution in [3.05, 3.63) is 77.9 Å². The molecule has 2 heterocycles. The fourth-order valence-electron chi connectivity index (χ4n) is 3.71. The van der Waals surface area contributed by atoms with E-state index in [2.05, 4.69) is 0 Å². The number of hydrogen-bond acceptors (Lipinski definition) is 5. The van der Waals surface area contributed by atoms with Crippen LogP contribution in [0.1, 0.15) is 27.0 Å². The number of aromatic hydroxyl groups is 2. The average Bonchev–Trinajstić information content (AvgIpc) is 2.96. The summed E-state index contributed by atoms with van der Waals surface area (Å²) in [6.07, 6.45) is 0. The number of halogens is 2. The van der Waals surface area contributed by atoms with E-state index in [1.807, 2.05) is 57.3 Å². The SMILES string of the molecule is O=C1OC2(c3ccccc31)c1ccc(O)c(I)c1Oc1c2ccc(O)c1I.[Na+].[Na+]. The molecule has 0 bridgehead atoms. The summed E-state index contributed by atoms with van der Waals surface area (Å²) in [5.74, 6) is 0.546. The Bertz CT molecular complexity index is 1110. The minimum absolute atomic E-state index is 0. The van der Waals surface area contributed by atoms with E-state index in [0.717, 1.165) is 0 Å². The molecule has 0 aliphatic carbocycles. The molecule has 0 saturated heterocycles. The predicted octanol–water partition coefficient (Wildman–Crippen LogP) is -1.12. The minimum atomic E-state index is -1.20. The smallest absolute Gasteiger partial charge is 0.507 e. The molecule has 0 amide bonds. The topological polar surface area (TPSA) is 76.0 Å². The van der Waals surface area contributed by atoms with E-state index in [1.54, 1.807) is 36.4 Å². The quantitative estimate of drug-likeness (QED) is 0.187. The van der Waals surface area contributed by atoms with Gasteiger partial charge in [0.1, 0.15) is 11.5 Å². The molecule has 2 N–H and O–H groups in total. The van der Waals surface area contributed by atoms with Crippen molar-refractivity contribution in [1.82, 2.24) is 0 Å². The van der Waals surface area contributed by atoms with Crippen molar-refractivity contribution < 1.29 is 83.6 Å². The monoisotopic (exact) mass is 630 g/mol. The van der Waals surface area contributed by atoms with E-state index in [-0.39, 0.29) is 70.6 Å². The molecule has 0 atom stereocenters.